The zero-order valence-corrected chi connectivity index (χ0v) is 31.0. The number of ether oxygens (including phenoxy) is 2. The fourth-order valence-corrected chi connectivity index (χ4v) is 6.73. The Hall–Kier alpha value is -3.78. The van der Waals surface area contributed by atoms with Crippen LogP contribution in [0.3, 0.4) is 0 Å². The SMILES string of the molecule is CCCCCCOCCOCCNC(=O)c1ccc(CNC(=O)c2ccc(C(=O)N/N=C(\C)c3csc(-c4ccc(Cl)c(Cl)c4)c3O)s2)cc1. The Morgan fingerprint density at radius 2 is 1.54 bits per heavy atom. The van der Waals surface area contributed by atoms with Crippen LogP contribution in [-0.2, 0) is 16.0 Å². The van der Waals surface area contributed by atoms with Crippen LogP contribution >= 0.6 is 45.9 Å². The average molecular weight is 760 g/mol. The first-order chi connectivity index (χ1) is 24.2. The van der Waals surface area contributed by atoms with Crippen molar-refractivity contribution >= 4 is 69.3 Å². The summed E-state index contributed by atoms with van der Waals surface area (Å²) in [6.45, 7) is 6.66. The van der Waals surface area contributed by atoms with Gasteiger partial charge in [-0.25, -0.2) is 5.43 Å². The fraction of sp³-hybridized carbons (Fsp3) is 0.333. The van der Waals surface area contributed by atoms with Gasteiger partial charge in [0.1, 0.15) is 5.75 Å². The summed E-state index contributed by atoms with van der Waals surface area (Å²) in [5.74, 6) is -1.02. The smallest absolute Gasteiger partial charge is 0.281 e. The minimum absolute atomic E-state index is 0.0165. The van der Waals surface area contributed by atoms with E-state index in [0.717, 1.165) is 29.9 Å². The number of benzene rings is 2. The third-order valence-electron chi connectivity index (χ3n) is 7.43. The summed E-state index contributed by atoms with van der Waals surface area (Å²) in [5, 5.41) is 23.1. The van der Waals surface area contributed by atoms with Crippen LogP contribution in [0.5, 0.6) is 5.75 Å². The van der Waals surface area contributed by atoms with Gasteiger partial charge in [-0.1, -0.05) is 67.6 Å². The lowest BCUT2D eigenvalue weighted by Gasteiger charge is -2.08. The maximum Gasteiger partial charge on any atom is 0.281 e. The van der Waals surface area contributed by atoms with Crippen LogP contribution in [0, 0.1) is 0 Å². The quantitative estimate of drug-likeness (QED) is 0.0436. The van der Waals surface area contributed by atoms with Crippen LogP contribution in [0.25, 0.3) is 10.4 Å². The van der Waals surface area contributed by atoms with Gasteiger partial charge < -0.3 is 25.2 Å². The van der Waals surface area contributed by atoms with Crippen molar-refractivity contribution in [1.82, 2.24) is 16.1 Å². The molecule has 0 aliphatic carbocycles. The molecule has 14 heteroatoms. The molecular formula is C36H40Cl2N4O6S2. The monoisotopic (exact) mass is 758 g/mol. The Morgan fingerprint density at radius 3 is 2.26 bits per heavy atom. The highest BCUT2D eigenvalue weighted by Gasteiger charge is 2.17. The highest BCUT2D eigenvalue weighted by molar-refractivity contribution is 7.16. The van der Waals surface area contributed by atoms with E-state index in [-0.39, 0.29) is 24.1 Å². The summed E-state index contributed by atoms with van der Waals surface area (Å²) >= 11 is 14.5. The predicted octanol–water partition coefficient (Wildman–Crippen LogP) is 7.92. The number of carbonyl (C=O) groups excluding carboxylic acids is 3. The van der Waals surface area contributed by atoms with E-state index in [1.807, 2.05) is 0 Å². The van der Waals surface area contributed by atoms with E-state index in [4.69, 9.17) is 32.7 Å². The van der Waals surface area contributed by atoms with Crippen molar-refractivity contribution in [3.8, 4) is 16.2 Å². The summed E-state index contributed by atoms with van der Waals surface area (Å²) < 4.78 is 11.0. The van der Waals surface area contributed by atoms with Crippen LogP contribution in [-0.4, -0.2) is 61.5 Å². The number of rotatable bonds is 19. The summed E-state index contributed by atoms with van der Waals surface area (Å²) in [6, 6.07) is 15.1. The number of aromatic hydroxyl groups is 1. The molecule has 2 heterocycles. The standard InChI is InChI=1S/C36H40Cl2N4O6S2/c1-3-4-5-6-16-47-18-19-48-17-15-39-34(44)25-9-7-24(8-10-25)21-40-35(45)30-13-14-31(50-30)36(46)42-41-23(2)27-22-49-33(32(27)43)26-11-12-28(37)29(38)20-26/h7-14,20,22,43H,3-6,15-19,21H2,1-2H3,(H,39,44)(H,40,45)(H,42,46)/b41-23+. The molecular weight excluding hydrogens is 719 g/mol. The van der Waals surface area contributed by atoms with Crippen molar-refractivity contribution in [2.24, 2.45) is 5.10 Å². The molecule has 3 amide bonds. The third kappa shape index (κ3) is 11.6. The van der Waals surface area contributed by atoms with Gasteiger partial charge in [0, 0.05) is 30.6 Å². The Morgan fingerprint density at radius 1 is 0.820 bits per heavy atom. The minimum atomic E-state index is -0.490. The largest absolute Gasteiger partial charge is 0.506 e. The summed E-state index contributed by atoms with van der Waals surface area (Å²) in [5.41, 5.74) is 5.37. The van der Waals surface area contributed by atoms with Crippen LogP contribution in [0.2, 0.25) is 10.0 Å². The molecule has 50 heavy (non-hydrogen) atoms. The molecule has 0 bridgehead atoms. The zero-order valence-electron chi connectivity index (χ0n) is 27.9. The number of hydrazone groups is 1. The van der Waals surface area contributed by atoms with Crippen LogP contribution in [0.1, 0.15) is 80.4 Å². The second-order valence-electron chi connectivity index (χ2n) is 11.2. The lowest BCUT2D eigenvalue weighted by molar-refractivity contribution is 0.0468. The van der Waals surface area contributed by atoms with Gasteiger partial charge in [-0.15, -0.1) is 22.7 Å². The molecule has 0 aliphatic rings. The Labute approximate surface area is 309 Å². The lowest BCUT2D eigenvalue weighted by atomic mass is 10.1. The summed E-state index contributed by atoms with van der Waals surface area (Å²) in [7, 11) is 0. The summed E-state index contributed by atoms with van der Waals surface area (Å²) in [6.07, 6.45) is 4.69. The van der Waals surface area contributed by atoms with Crippen molar-refractivity contribution in [3.05, 3.63) is 96.5 Å². The number of unbranched alkanes of at least 4 members (excludes halogenated alkanes) is 3. The number of halogens is 2. The van der Waals surface area contributed by atoms with E-state index in [0.29, 0.717) is 73.4 Å². The van der Waals surface area contributed by atoms with E-state index in [9.17, 15) is 19.5 Å². The number of carbonyl (C=O) groups is 3. The number of nitrogens with one attached hydrogen (secondary N) is 3. The molecule has 0 unspecified atom stereocenters. The topological polar surface area (TPSA) is 138 Å². The molecule has 0 saturated heterocycles. The van der Waals surface area contributed by atoms with Gasteiger partial charge in [-0.05, 0) is 60.9 Å². The molecule has 0 fully saturated rings. The zero-order chi connectivity index (χ0) is 35.9. The fourth-order valence-electron chi connectivity index (χ4n) is 4.62. The lowest BCUT2D eigenvalue weighted by Crippen LogP contribution is -2.27. The second kappa shape index (κ2) is 20.2. The maximum absolute atomic E-state index is 12.8. The van der Waals surface area contributed by atoms with Gasteiger partial charge in [-0.3, -0.25) is 14.4 Å². The highest BCUT2D eigenvalue weighted by atomic mass is 35.5. The van der Waals surface area contributed by atoms with Crippen molar-refractivity contribution in [2.45, 2.75) is 46.1 Å². The van der Waals surface area contributed by atoms with Gasteiger partial charge in [0.2, 0.25) is 0 Å². The van der Waals surface area contributed by atoms with Crippen molar-refractivity contribution in [1.29, 1.82) is 0 Å². The van der Waals surface area contributed by atoms with E-state index in [1.54, 1.807) is 66.9 Å². The predicted molar refractivity (Wildman–Crippen MR) is 201 cm³/mol. The molecule has 0 radical (unpaired) electrons. The molecule has 4 rings (SSSR count). The molecule has 2 aromatic heterocycles. The third-order valence-corrected chi connectivity index (χ3v) is 10.3. The minimum Gasteiger partial charge on any atom is -0.506 e. The van der Waals surface area contributed by atoms with E-state index in [2.05, 4.69) is 28.1 Å². The van der Waals surface area contributed by atoms with Gasteiger partial charge in [0.05, 0.1) is 55.8 Å². The molecule has 0 aliphatic heterocycles. The first-order valence-corrected chi connectivity index (χ1v) is 18.6. The Kier molecular flexibility index (Phi) is 15.7. The Bertz CT molecular complexity index is 1770. The van der Waals surface area contributed by atoms with Crippen molar-refractivity contribution in [3.63, 3.8) is 0 Å². The normalized spacial score (nSPS) is 11.4. The highest BCUT2D eigenvalue weighted by Crippen LogP contribution is 2.40. The number of thiophene rings is 2. The van der Waals surface area contributed by atoms with Crippen LogP contribution in [0.15, 0.2) is 65.1 Å². The van der Waals surface area contributed by atoms with Crippen LogP contribution in [0.4, 0.5) is 0 Å². The molecule has 10 nitrogen and oxygen atoms in total. The van der Waals surface area contributed by atoms with E-state index >= 15 is 0 Å². The van der Waals surface area contributed by atoms with Gasteiger partial charge in [0.25, 0.3) is 17.7 Å². The number of hydrogen-bond donors (Lipinski definition) is 4. The molecule has 0 atom stereocenters. The van der Waals surface area contributed by atoms with E-state index in [1.165, 1.54) is 30.6 Å². The van der Waals surface area contributed by atoms with Crippen molar-refractivity contribution in [2.75, 3.05) is 33.0 Å². The molecule has 4 aromatic rings. The molecule has 266 valence electrons. The Balaban J connectivity index is 1.17. The molecule has 0 spiro atoms. The van der Waals surface area contributed by atoms with Gasteiger partial charge in [0.15, 0.2) is 0 Å². The second-order valence-corrected chi connectivity index (χ2v) is 14.0. The number of amides is 3. The number of hydrogen-bond acceptors (Lipinski definition) is 9. The maximum atomic E-state index is 12.8. The van der Waals surface area contributed by atoms with Crippen molar-refractivity contribution < 1.29 is 29.0 Å². The van der Waals surface area contributed by atoms with Gasteiger partial charge >= 0.3 is 0 Å². The summed E-state index contributed by atoms with van der Waals surface area (Å²) in [4.78, 5) is 39.2. The average Bonchev–Trinajstić information content (AvgIpc) is 3.77. The molecule has 0 saturated carbocycles. The molecule has 2 aromatic carbocycles. The first kappa shape index (κ1) is 39.0. The number of nitrogens with zero attached hydrogens (tertiary/aromatic N) is 1. The van der Waals surface area contributed by atoms with Crippen LogP contribution < -0.4 is 16.1 Å². The molecule has 4 N–H and O–H groups in total. The van der Waals surface area contributed by atoms with E-state index < -0.39 is 5.91 Å². The first-order valence-electron chi connectivity index (χ1n) is 16.2. The van der Waals surface area contributed by atoms with Gasteiger partial charge in [-0.2, -0.15) is 5.10 Å².